The first-order valence-corrected chi connectivity index (χ1v) is 6.22. The first-order valence-electron chi connectivity index (χ1n) is 6.22. The molecule has 3 heteroatoms. The fourth-order valence-electron chi connectivity index (χ4n) is 2.70. The maximum Gasteiger partial charge on any atom is 0.242 e. The molecule has 0 aromatic rings. The van der Waals surface area contributed by atoms with E-state index in [9.17, 15) is 4.79 Å². The van der Waals surface area contributed by atoms with E-state index in [-0.39, 0.29) is 5.54 Å². The molecule has 1 unspecified atom stereocenters. The average Bonchev–Trinajstić information content (AvgIpc) is 2.98. The summed E-state index contributed by atoms with van der Waals surface area (Å²) in [5.41, 5.74) is -0.216. The van der Waals surface area contributed by atoms with E-state index in [2.05, 4.69) is 12.2 Å². The van der Waals surface area contributed by atoms with Crippen LogP contribution in [0.25, 0.3) is 0 Å². The van der Waals surface area contributed by atoms with Crippen LogP contribution in [0.15, 0.2) is 0 Å². The zero-order valence-electron chi connectivity index (χ0n) is 9.88. The van der Waals surface area contributed by atoms with Crippen LogP contribution in [0.4, 0.5) is 0 Å². The molecule has 1 saturated heterocycles. The predicted octanol–water partition coefficient (Wildman–Crippen LogP) is 1.53. The third kappa shape index (κ3) is 2.03. The number of carbonyl (C=O) groups excluding carboxylic acids is 1. The van der Waals surface area contributed by atoms with Crippen LogP contribution in [0.5, 0.6) is 0 Å². The Balaban J connectivity index is 2.05. The molecule has 0 spiro atoms. The Morgan fingerprint density at radius 3 is 2.73 bits per heavy atom. The maximum absolute atomic E-state index is 12.4. The lowest BCUT2D eigenvalue weighted by Gasteiger charge is -2.32. The summed E-state index contributed by atoms with van der Waals surface area (Å²) in [6.45, 7) is 3.16. The molecule has 0 aromatic heterocycles. The van der Waals surface area contributed by atoms with Crippen molar-refractivity contribution in [1.29, 1.82) is 0 Å². The van der Waals surface area contributed by atoms with Gasteiger partial charge in [-0.05, 0) is 38.6 Å². The van der Waals surface area contributed by atoms with Crippen molar-refractivity contribution < 1.29 is 4.79 Å². The third-order valence-corrected chi connectivity index (χ3v) is 3.74. The monoisotopic (exact) mass is 210 g/mol. The van der Waals surface area contributed by atoms with Gasteiger partial charge in [0.05, 0.1) is 5.54 Å². The molecule has 0 radical (unpaired) electrons. The summed E-state index contributed by atoms with van der Waals surface area (Å²) in [6, 6.07) is 0.536. The second-order valence-corrected chi connectivity index (χ2v) is 5.01. The summed E-state index contributed by atoms with van der Waals surface area (Å²) in [4.78, 5) is 14.4. The van der Waals surface area contributed by atoms with E-state index in [1.165, 1.54) is 12.8 Å². The average molecular weight is 210 g/mol. The van der Waals surface area contributed by atoms with Crippen LogP contribution in [0.2, 0.25) is 0 Å². The van der Waals surface area contributed by atoms with E-state index in [4.69, 9.17) is 0 Å². The summed E-state index contributed by atoms with van der Waals surface area (Å²) < 4.78 is 0. The van der Waals surface area contributed by atoms with Gasteiger partial charge in [0.15, 0.2) is 0 Å². The first kappa shape index (κ1) is 10.9. The van der Waals surface area contributed by atoms with Crippen LogP contribution >= 0.6 is 0 Å². The number of rotatable bonds is 4. The maximum atomic E-state index is 12.4. The van der Waals surface area contributed by atoms with E-state index in [0.29, 0.717) is 11.9 Å². The molecule has 1 atom stereocenters. The van der Waals surface area contributed by atoms with Crippen LogP contribution in [0.3, 0.4) is 0 Å². The van der Waals surface area contributed by atoms with Crippen molar-refractivity contribution in [2.45, 2.75) is 57.0 Å². The van der Waals surface area contributed by atoms with E-state index in [1.54, 1.807) is 0 Å². The van der Waals surface area contributed by atoms with Crippen molar-refractivity contribution in [3.05, 3.63) is 0 Å². The zero-order valence-corrected chi connectivity index (χ0v) is 9.88. The largest absolute Gasteiger partial charge is 0.341 e. The quantitative estimate of drug-likeness (QED) is 0.763. The highest BCUT2D eigenvalue weighted by atomic mass is 16.2. The Morgan fingerprint density at radius 1 is 1.53 bits per heavy atom. The highest BCUT2D eigenvalue weighted by molar-refractivity contribution is 5.87. The molecular formula is C12H22N2O. The molecule has 86 valence electrons. The molecule has 3 nitrogen and oxygen atoms in total. The van der Waals surface area contributed by atoms with Gasteiger partial charge in [0.25, 0.3) is 0 Å². The van der Waals surface area contributed by atoms with Gasteiger partial charge in [-0.15, -0.1) is 0 Å². The van der Waals surface area contributed by atoms with Crippen LogP contribution in [-0.4, -0.2) is 36.0 Å². The van der Waals surface area contributed by atoms with Gasteiger partial charge in [-0.1, -0.05) is 13.3 Å². The van der Waals surface area contributed by atoms with Gasteiger partial charge >= 0.3 is 0 Å². The van der Waals surface area contributed by atoms with Crippen LogP contribution in [0.1, 0.15) is 45.4 Å². The second kappa shape index (κ2) is 4.12. The van der Waals surface area contributed by atoms with Crippen molar-refractivity contribution in [3.63, 3.8) is 0 Å². The molecule has 2 aliphatic rings. The molecular weight excluding hydrogens is 188 g/mol. The first-order chi connectivity index (χ1) is 7.19. The van der Waals surface area contributed by atoms with Crippen molar-refractivity contribution in [2.24, 2.45) is 0 Å². The highest BCUT2D eigenvalue weighted by Crippen LogP contribution is 2.32. The van der Waals surface area contributed by atoms with Gasteiger partial charge in [-0.2, -0.15) is 0 Å². The Kier molecular flexibility index (Phi) is 3.01. The standard InChI is InChI=1S/C12H22N2O/c1-3-7-12(8-4-9-13-12)11(15)14(2)10-5-6-10/h10,13H,3-9H2,1-2H3. The Bertz CT molecular complexity index is 242. The molecule has 0 bridgehead atoms. The second-order valence-electron chi connectivity index (χ2n) is 5.01. The number of likely N-dealkylation sites (N-methyl/N-ethyl adjacent to an activating group) is 1. The van der Waals surface area contributed by atoms with Crippen LogP contribution in [0, 0.1) is 0 Å². The van der Waals surface area contributed by atoms with Crippen molar-refractivity contribution in [2.75, 3.05) is 13.6 Å². The van der Waals surface area contributed by atoms with E-state index in [1.807, 2.05) is 11.9 Å². The number of hydrogen-bond donors (Lipinski definition) is 1. The van der Waals surface area contributed by atoms with Crippen molar-refractivity contribution in [1.82, 2.24) is 10.2 Å². The van der Waals surface area contributed by atoms with Gasteiger partial charge in [0, 0.05) is 13.1 Å². The van der Waals surface area contributed by atoms with Crippen molar-refractivity contribution in [3.8, 4) is 0 Å². The summed E-state index contributed by atoms with van der Waals surface area (Å²) in [6.07, 6.45) is 6.63. The topological polar surface area (TPSA) is 32.3 Å². The SMILES string of the molecule is CCCC1(C(=O)N(C)C2CC2)CCCN1. The lowest BCUT2D eigenvalue weighted by atomic mass is 9.90. The minimum absolute atomic E-state index is 0.216. The fourth-order valence-corrected chi connectivity index (χ4v) is 2.70. The summed E-state index contributed by atoms with van der Waals surface area (Å²) in [5, 5.41) is 3.44. The van der Waals surface area contributed by atoms with Gasteiger partial charge < -0.3 is 10.2 Å². The minimum Gasteiger partial charge on any atom is -0.341 e. The molecule has 15 heavy (non-hydrogen) atoms. The number of nitrogens with zero attached hydrogens (tertiary/aromatic N) is 1. The van der Waals surface area contributed by atoms with Crippen LogP contribution in [-0.2, 0) is 4.79 Å². The molecule has 0 aromatic carbocycles. The smallest absolute Gasteiger partial charge is 0.242 e. The molecule has 2 rings (SSSR count). The normalized spacial score (nSPS) is 30.5. The Hall–Kier alpha value is -0.570. The number of nitrogens with one attached hydrogen (secondary N) is 1. The molecule has 1 saturated carbocycles. The zero-order chi connectivity index (χ0) is 10.9. The number of carbonyl (C=O) groups is 1. The molecule has 2 fully saturated rings. The Labute approximate surface area is 92.2 Å². The van der Waals surface area contributed by atoms with E-state index in [0.717, 1.165) is 32.2 Å². The summed E-state index contributed by atoms with van der Waals surface area (Å²) >= 11 is 0. The van der Waals surface area contributed by atoms with E-state index >= 15 is 0 Å². The van der Waals surface area contributed by atoms with Crippen LogP contribution < -0.4 is 5.32 Å². The number of amides is 1. The van der Waals surface area contributed by atoms with Gasteiger partial charge in [0.2, 0.25) is 5.91 Å². The van der Waals surface area contributed by atoms with Gasteiger partial charge in [-0.3, -0.25) is 4.79 Å². The molecule has 1 aliphatic heterocycles. The predicted molar refractivity (Wildman–Crippen MR) is 60.7 cm³/mol. The molecule has 1 amide bonds. The minimum atomic E-state index is -0.216. The van der Waals surface area contributed by atoms with E-state index < -0.39 is 0 Å². The fraction of sp³-hybridized carbons (Fsp3) is 0.917. The number of hydrogen-bond acceptors (Lipinski definition) is 2. The van der Waals surface area contributed by atoms with Crippen molar-refractivity contribution >= 4 is 5.91 Å². The lowest BCUT2D eigenvalue weighted by molar-refractivity contribution is -0.137. The summed E-state index contributed by atoms with van der Waals surface area (Å²) in [5.74, 6) is 0.337. The molecule has 1 heterocycles. The molecule has 1 aliphatic carbocycles. The summed E-state index contributed by atoms with van der Waals surface area (Å²) in [7, 11) is 1.97. The highest BCUT2D eigenvalue weighted by Gasteiger charge is 2.44. The lowest BCUT2D eigenvalue weighted by Crippen LogP contribution is -2.54. The van der Waals surface area contributed by atoms with Gasteiger partial charge in [0.1, 0.15) is 0 Å². The third-order valence-electron chi connectivity index (χ3n) is 3.74. The Morgan fingerprint density at radius 2 is 2.27 bits per heavy atom. The van der Waals surface area contributed by atoms with Gasteiger partial charge in [-0.25, -0.2) is 0 Å². The molecule has 1 N–H and O–H groups in total.